The fourth-order valence-corrected chi connectivity index (χ4v) is 3.57. The highest BCUT2D eigenvalue weighted by atomic mass is 79.9. The predicted octanol–water partition coefficient (Wildman–Crippen LogP) is 4.96. The topological polar surface area (TPSA) is 0 Å². The molecule has 74 valence electrons. The third-order valence-electron chi connectivity index (χ3n) is 2.43. The molecular weight excluding hydrogens is 275 g/mol. The lowest BCUT2D eigenvalue weighted by atomic mass is 10.1. The van der Waals surface area contributed by atoms with Crippen LogP contribution in [0, 0.1) is 5.82 Å². The summed E-state index contributed by atoms with van der Waals surface area (Å²) in [5, 5.41) is 2.10. The molecule has 3 heteroatoms. The lowest BCUT2D eigenvalue weighted by molar-refractivity contribution is 0.641. The second-order valence-electron chi connectivity index (χ2n) is 3.33. The molecule has 1 aromatic heterocycles. The Morgan fingerprint density at radius 1 is 1.07 bits per heavy atom. The Hall–Kier alpha value is -0.930. The molecule has 0 aliphatic heterocycles. The Bertz CT molecular complexity index is 657. The Balaban J connectivity index is 2.66. The Labute approximate surface area is 98.5 Å². The highest BCUT2D eigenvalue weighted by Crippen LogP contribution is 2.39. The van der Waals surface area contributed by atoms with Gasteiger partial charge in [-0.15, -0.1) is 11.3 Å². The molecule has 3 aromatic rings. The molecule has 15 heavy (non-hydrogen) atoms. The maximum atomic E-state index is 13.6. The van der Waals surface area contributed by atoms with E-state index in [1.54, 1.807) is 6.07 Å². The van der Waals surface area contributed by atoms with Crippen LogP contribution in [0.25, 0.3) is 20.2 Å². The summed E-state index contributed by atoms with van der Waals surface area (Å²) in [4.78, 5) is 0. The second-order valence-corrected chi connectivity index (χ2v) is 5.24. The third-order valence-corrected chi connectivity index (χ3v) is 4.27. The van der Waals surface area contributed by atoms with E-state index in [1.807, 2.05) is 24.3 Å². The summed E-state index contributed by atoms with van der Waals surface area (Å²) in [5.41, 5.74) is 0. The van der Waals surface area contributed by atoms with Crippen LogP contribution in [0.2, 0.25) is 0 Å². The van der Waals surface area contributed by atoms with Crippen LogP contribution in [0.4, 0.5) is 4.39 Å². The summed E-state index contributed by atoms with van der Waals surface area (Å²) in [7, 11) is 0. The van der Waals surface area contributed by atoms with Crippen molar-refractivity contribution >= 4 is 47.4 Å². The van der Waals surface area contributed by atoms with Crippen LogP contribution in [0.1, 0.15) is 0 Å². The van der Waals surface area contributed by atoms with E-state index in [4.69, 9.17) is 0 Å². The van der Waals surface area contributed by atoms with Crippen LogP contribution in [-0.2, 0) is 0 Å². The maximum Gasteiger partial charge on any atom is 0.141 e. The molecule has 0 nitrogen and oxygen atoms in total. The van der Waals surface area contributed by atoms with Gasteiger partial charge in [0.25, 0.3) is 0 Å². The van der Waals surface area contributed by atoms with Gasteiger partial charge in [0.2, 0.25) is 0 Å². The Morgan fingerprint density at radius 3 is 2.73 bits per heavy atom. The number of fused-ring (bicyclic) bond motifs is 3. The molecule has 0 saturated carbocycles. The quantitative estimate of drug-likeness (QED) is 0.546. The van der Waals surface area contributed by atoms with E-state index in [1.165, 1.54) is 17.4 Å². The van der Waals surface area contributed by atoms with Gasteiger partial charge >= 0.3 is 0 Å². The van der Waals surface area contributed by atoms with Crippen LogP contribution < -0.4 is 0 Å². The number of thiophene rings is 1. The largest absolute Gasteiger partial charge is 0.205 e. The van der Waals surface area contributed by atoms with Crippen LogP contribution in [0.3, 0.4) is 0 Å². The van der Waals surface area contributed by atoms with E-state index < -0.39 is 0 Å². The van der Waals surface area contributed by atoms with Gasteiger partial charge in [0.15, 0.2) is 0 Å². The van der Waals surface area contributed by atoms with Crippen molar-refractivity contribution in [3.8, 4) is 0 Å². The maximum absolute atomic E-state index is 13.6. The van der Waals surface area contributed by atoms with E-state index >= 15 is 0 Å². The summed E-state index contributed by atoms with van der Waals surface area (Å²) in [6.45, 7) is 0. The first-order valence-corrected chi connectivity index (χ1v) is 6.13. The molecule has 0 unspecified atom stereocenters. The smallest absolute Gasteiger partial charge is 0.141 e. The van der Waals surface area contributed by atoms with Crippen molar-refractivity contribution in [1.82, 2.24) is 0 Å². The van der Waals surface area contributed by atoms with Gasteiger partial charge in [-0.05, 0) is 18.2 Å². The van der Waals surface area contributed by atoms with Crippen molar-refractivity contribution in [3.63, 3.8) is 0 Å². The molecule has 0 saturated heterocycles. The first-order valence-electron chi connectivity index (χ1n) is 4.52. The summed E-state index contributed by atoms with van der Waals surface area (Å²) >= 11 is 4.97. The highest BCUT2D eigenvalue weighted by molar-refractivity contribution is 9.10. The number of halogens is 2. The third kappa shape index (κ3) is 1.30. The monoisotopic (exact) mass is 280 g/mol. The number of benzene rings is 2. The molecule has 0 bridgehead atoms. The lowest BCUT2D eigenvalue weighted by Crippen LogP contribution is -1.74. The summed E-state index contributed by atoms with van der Waals surface area (Å²) in [6, 6.07) is 11.3. The molecule has 0 aliphatic rings. The zero-order valence-electron chi connectivity index (χ0n) is 7.63. The van der Waals surface area contributed by atoms with Crippen molar-refractivity contribution < 1.29 is 4.39 Å². The predicted molar refractivity (Wildman–Crippen MR) is 67.0 cm³/mol. The average Bonchev–Trinajstić information content (AvgIpc) is 2.64. The van der Waals surface area contributed by atoms with Crippen LogP contribution in [0.15, 0.2) is 40.9 Å². The first kappa shape index (κ1) is 9.31. The SMILES string of the molecule is Fc1ccc(Br)c2c1sc1ccccc12. The standard InChI is InChI=1S/C12H6BrFS/c13-8-5-6-9(14)12-11(8)7-3-1-2-4-10(7)15-12/h1-6H. The van der Waals surface area contributed by atoms with Crippen LogP contribution >= 0.6 is 27.3 Å². The van der Waals surface area contributed by atoms with Crippen molar-refractivity contribution in [2.75, 3.05) is 0 Å². The van der Waals surface area contributed by atoms with Gasteiger partial charge in [-0.2, -0.15) is 0 Å². The van der Waals surface area contributed by atoms with E-state index in [-0.39, 0.29) is 5.82 Å². The highest BCUT2D eigenvalue weighted by Gasteiger charge is 2.10. The number of hydrogen-bond donors (Lipinski definition) is 0. The van der Waals surface area contributed by atoms with Gasteiger partial charge in [-0.3, -0.25) is 0 Å². The molecule has 0 aliphatic carbocycles. The molecule has 1 heterocycles. The minimum Gasteiger partial charge on any atom is -0.205 e. The Kier molecular flexibility index (Phi) is 2.04. The Morgan fingerprint density at radius 2 is 1.87 bits per heavy atom. The lowest BCUT2D eigenvalue weighted by Gasteiger charge is -1.95. The molecule has 0 N–H and O–H groups in total. The van der Waals surface area contributed by atoms with E-state index in [0.717, 1.165) is 24.6 Å². The van der Waals surface area contributed by atoms with Crippen molar-refractivity contribution in [2.45, 2.75) is 0 Å². The fraction of sp³-hybridized carbons (Fsp3) is 0. The van der Waals surface area contributed by atoms with E-state index in [2.05, 4.69) is 15.9 Å². The molecule has 0 amide bonds. The van der Waals surface area contributed by atoms with Crippen molar-refractivity contribution in [3.05, 3.63) is 46.7 Å². The summed E-state index contributed by atoms with van der Waals surface area (Å²) in [6.07, 6.45) is 0. The van der Waals surface area contributed by atoms with Gasteiger partial charge < -0.3 is 0 Å². The molecule has 3 rings (SSSR count). The molecule has 0 radical (unpaired) electrons. The van der Waals surface area contributed by atoms with Gasteiger partial charge in [0.1, 0.15) is 5.82 Å². The van der Waals surface area contributed by atoms with Gasteiger partial charge in [-0.1, -0.05) is 34.1 Å². The second kappa shape index (κ2) is 3.29. The minimum absolute atomic E-state index is 0.144. The molecule has 0 spiro atoms. The molecule has 0 fully saturated rings. The number of rotatable bonds is 0. The zero-order chi connectivity index (χ0) is 10.4. The zero-order valence-corrected chi connectivity index (χ0v) is 10.0. The first-order chi connectivity index (χ1) is 7.27. The fourth-order valence-electron chi connectivity index (χ4n) is 1.76. The van der Waals surface area contributed by atoms with Crippen LogP contribution in [0.5, 0.6) is 0 Å². The summed E-state index contributed by atoms with van der Waals surface area (Å²) < 4.78 is 16.4. The molecule has 2 aromatic carbocycles. The minimum atomic E-state index is -0.144. The van der Waals surface area contributed by atoms with E-state index in [0.29, 0.717) is 0 Å². The summed E-state index contributed by atoms with van der Waals surface area (Å²) in [5.74, 6) is -0.144. The van der Waals surface area contributed by atoms with Gasteiger partial charge in [0.05, 0.1) is 4.70 Å². The van der Waals surface area contributed by atoms with Crippen LogP contribution in [-0.4, -0.2) is 0 Å². The van der Waals surface area contributed by atoms with Crippen molar-refractivity contribution in [2.24, 2.45) is 0 Å². The van der Waals surface area contributed by atoms with Gasteiger partial charge in [-0.25, -0.2) is 4.39 Å². The van der Waals surface area contributed by atoms with Gasteiger partial charge in [0, 0.05) is 19.9 Å². The van der Waals surface area contributed by atoms with E-state index in [9.17, 15) is 4.39 Å². The number of hydrogen-bond acceptors (Lipinski definition) is 1. The normalized spacial score (nSPS) is 11.3. The molecule has 0 atom stereocenters. The molecular formula is C12H6BrFS. The average molecular weight is 281 g/mol. The van der Waals surface area contributed by atoms with Crippen molar-refractivity contribution in [1.29, 1.82) is 0 Å².